The first kappa shape index (κ1) is 20.3. The van der Waals surface area contributed by atoms with E-state index in [0.717, 1.165) is 16.7 Å². The summed E-state index contributed by atoms with van der Waals surface area (Å²) in [5, 5.41) is 10.9. The number of nitro benzene ring substituents is 1. The number of carbonyl (C=O) groups is 1. The van der Waals surface area contributed by atoms with Gasteiger partial charge in [-0.25, -0.2) is 4.57 Å². The lowest BCUT2D eigenvalue weighted by molar-refractivity contribution is -0.688. The molecule has 3 aromatic rings. The minimum absolute atomic E-state index is 0.00993. The Morgan fingerprint density at radius 1 is 1.06 bits per heavy atom. The molecule has 1 aliphatic carbocycles. The molecule has 0 amide bonds. The summed E-state index contributed by atoms with van der Waals surface area (Å²) in [7, 11) is 3.12. The Kier molecular flexibility index (Phi) is 5.49. The Balaban J connectivity index is 1.53. The van der Waals surface area contributed by atoms with Crippen molar-refractivity contribution in [3.05, 3.63) is 98.9 Å². The molecule has 1 aliphatic rings. The first-order valence-electron chi connectivity index (χ1n) is 9.71. The van der Waals surface area contributed by atoms with Gasteiger partial charge in [-0.05, 0) is 29.3 Å². The van der Waals surface area contributed by atoms with Crippen molar-refractivity contribution in [2.45, 2.75) is 13.0 Å². The summed E-state index contributed by atoms with van der Waals surface area (Å²) in [6, 6.07) is 14.0. The molecule has 4 rings (SSSR count). The molecule has 0 unspecified atom stereocenters. The number of non-ortho nitro benzene ring substituents is 1. The number of hydrogen-bond acceptors (Lipinski definition) is 5. The van der Waals surface area contributed by atoms with Crippen molar-refractivity contribution in [3.63, 3.8) is 0 Å². The van der Waals surface area contributed by atoms with Gasteiger partial charge in [-0.3, -0.25) is 14.9 Å². The van der Waals surface area contributed by atoms with Gasteiger partial charge in [-0.15, -0.1) is 0 Å². The van der Waals surface area contributed by atoms with E-state index >= 15 is 0 Å². The number of nitro groups is 1. The predicted molar refractivity (Wildman–Crippen MR) is 114 cm³/mol. The molecule has 0 aliphatic heterocycles. The van der Waals surface area contributed by atoms with Crippen LogP contribution in [0.25, 0.3) is 6.08 Å². The van der Waals surface area contributed by atoms with Crippen LogP contribution in [0.2, 0.25) is 0 Å². The van der Waals surface area contributed by atoms with E-state index in [2.05, 4.69) is 0 Å². The van der Waals surface area contributed by atoms with Crippen molar-refractivity contribution in [3.8, 4) is 11.5 Å². The van der Waals surface area contributed by atoms with Crippen molar-refractivity contribution < 1.29 is 23.8 Å². The number of hydrogen-bond donors (Lipinski definition) is 0. The van der Waals surface area contributed by atoms with Crippen LogP contribution < -0.4 is 14.0 Å². The number of nitrogens with zero attached hydrogens (tertiary/aromatic N) is 2. The van der Waals surface area contributed by atoms with Crippen molar-refractivity contribution in [2.75, 3.05) is 14.2 Å². The van der Waals surface area contributed by atoms with Gasteiger partial charge in [0.15, 0.2) is 36.2 Å². The van der Waals surface area contributed by atoms with E-state index in [1.165, 1.54) is 6.07 Å². The molecule has 0 spiro atoms. The minimum Gasteiger partial charge on any atom is -0.493 e. The van der Waals surface area contributed by atoms with E-state index in [4.69, 9.17) is 9.47 Å². The van der Waals surface area contributed by atoms with Crippen LogP contribution in [-0.4, -0.2) is 24.9 Å². The second kappa shape index (κ2) is 8.39. The Hall–Kier alpha value is -4.00. The number of benzene rings is 2. The normalized spacial score (nSPS) is 13.9. The lowest BCUT2D eigenvalue weighted by atomic mass is 10.1. The summed E-state index contributed by atoms with van der Waals surface area (Å²) in [6.07, 6.45) is 6.21. The Morgan fingerprint density at radius 2 is 1.77 bits per heavy atom. The molecule has 1 aromatic heterocycles. The van der Waals surface area contributed by atoms with Crippen LogP contribution in [0.3, 0.4) is 0 Å². The Labute approximate surface area is 179 Å². The molecule has 7 nitrogen and oxygen atoms in total. The van der Waals surface area contributed by atoms with Crippen LogP contribution in [0, 0.1) is 10.1 Å². The molecule has 2 aromatic carbocycles. The number of fused-ring (bicyclic) bond motifs is 1. The number of ether oxygens (including phenoxy) is 2. The van der Waals surface area contributed by atoms with Crippen LogP contribution in [0.5, 0.6) is 11.5 Å². The first-order valence-corrected chi connectivity index (χ1v) is 9.71. The number of pyridine rings is 1. The molecule has 0 bridgehead atoms. The minimum atomic E-state index is -0.398. The number of methoxy groups -OCH3 is 2. The quantitative estimate of drug-likeness (QED) is 0.264. The first-order chi connectivity index (χ1) is 15.0. The molecule has 0 N–H and O–H groups in total. The van der Waals surface area contributed by atoms with Crippen LogP contribution >= 0.6 is 0 Å². The third-order valence-corrected chi connectivity index (χ3v) is 5.27. The molecular weight excluding hydrogens is 396 g/mol. The average Bonchev–Trinajstić information content (AvgIpc) is 3.08. The summed E-state index contributed by atoms with van der Waals surface area (Å²) in [5.41, 5.74) is 4.10. The highest BCUT2D eigenvalue weighted by atomic mass is 16.6. The van der Waals surface area contributed by atoms with Gasteiger partial charge in [-0.2, -0.15) is 0 Å². The van der Waals surface area contributed by atoms with E-state index in [0.29, 0.717) is 35.6 Å². The second-order valence-corrected chi connectivity index (χ2v) is 7.27. The van der Waals surface area contributed by atoms with E-state index in [1.54, 1.807) is 32.4 Å². The van der Waals surface area contributed by atoms with Crippen molar-refractivity contribution in [1.29, 1.82) is 0 Å². The van der Waals surface area contributed by atoms with Gasteiger partial charge >= 0.3 is 0 Å². The number of allylic oxidation sites excluding steroid dienone is 1. The van der Waals surface area contributed by atoms with Crippen LogP contribution in [0.1, 0.15) is 27.0 Å². The summed E-state index contributed by atoms with van der Waals surface area (Å²) < 4.78 is 12.6. The fourth-order valence-electron chi connectivity index (χ4n) is 3.70. The van der Waals surface area contributed by atoms with Gasteiger partial charge in [-0.1, -0.05) is 12.1 Å². The molecule has 0 saturated carbocycles. The maximum absolute atomic E-state index is 12.8. The molecular formula is C24H21N2O5+. The van der Waals surface area contributed by atoms with Crippen molar-refractivity contribution in [1.82, 2.24) is 0 Å². The predicted octanol–water partition coefficient (Wildman–Crippen LogP) is 3.77. The number of ketones is 1. The Bertz CT molecular complexity index is 1200. The molecule has 0 atom stereocenters. The molecule has 0 fully saturated rings. The van der Waals surface area contributed by atoms with E-state index < -0.39 is 4.92 Å². The number of aromatic nitrogens is 1. The van der Waals surface area contributed by atoms with Crippen LogP contribution in [0.4, 0.5) is 5.69 Å². The number of carbonyl (C=O) groups excluding carboxylic acids is 1. The van der Waals surface area contributed by atoms with Gasteiger partial charge in [0.1, 0.15) is 0 Å². The Morgan fingerprint density at radius 3 is 2.45 bits per heavy atom. The zero-order chi connectivity index (χ0) is 22.0. The van der Waals surface area contributed by atoms with E-state index in [1.807, 2.05) is 47.3 Å². The molecule has 156 valence electrons. The van der Waals surface area contributed by atoms with Gasteiger partial charge < -0.3 is 9.47 Å². The molecule has 7 heteroatoms. The maximum atomic E-state index is 12.8. The van der Waals surface area contributed by atoms with Gasteiger partial charge in [0, 0.05) is 47.4 Å². The number of rotatable bonds is 6. The summed E-state index contributed by atoms with van der Waals surface area (Å²) in [4.78, 5) is 23.4. The average molecular weight is 417 g/mol. The highest BCUT2D eigenvalue weighted by molar-refractivity contribution is 6.15. The molecule has 0 saturated heterocycles. The van der Waals surface area contributed by atoms with Gasteiger partial charge in [0.2, 0.25) is 0 Å². The summed E-state index contributed by atoms with van der Waals surface area (Å²) in [6.45, 7) is 0.516. The van der Waals surface area contributed by atoms with Crippen molar-refractivity contribution >= 4 is 17.5 Å². The lowest BCUT2D eigenvalue weighted by Gasteiger charge is -2.08. The fraction of sp³-hybridized carbons (Fsp3) is 0.167. The summed E-state index contributed by atoms with van der Waals surface area (Å²) >= 11 is 0. The van der Waals surface area contributed by atoms with E-state index in [9.17, 15) is 14.9 Å². The number of Topliss-reactive ketones (excluding diaryl/α,β-unsaturated/α-hetero) is 1. The van der Waals surface area contributed by atoms with Crippen LogP contribution in [-0.2, 0) is 13.0 Å². The topological polar surface area (TPSA) is 82.5 Å². The maximum Gasteiger partial charge on any atom is 0.269 e. The van der Waals surface area contributed by atoms with Crippen molar-refractivity contribution in [2.24, 2.45) is 0 Å². The molecule has 31 heavy (non-hydrogen) atoms. The zero-order valence-electron chi connectivity index (χ0n) is 17.2. The van der Waals surface area contributed by atoms with Gasteiger partial charge in [0.05, 0.1) is 19.1 Å². The summed E-state index contributed by atoms with van der Waals surface area (Å²) in [5.74, 6) is 1.14. The smallest absolute Gasteiger partial charge is 0.269 e. The highest BCUT2D eigenvalue weighted by Crippen LogP contribution is 2.36. The lowest BCUT2D eigenvalue weighted by Crippen LogP contribution is -2.33. The zero-order valence-corrected chi connectivity index (χ0v) is 17.2. The SMILES string of the molecule is COc1cc2c(cc1OC)C(=O)C(=Cc1cc[n+](Cc3cccc([N+](=O)[O-])c3)cc1)C2. The second-order valence-electron chi connectivity index (χ2n) is 7.27. The van der Waals surface area contributed by atoms with Crippen LogP contribution in [0.15, 0.2) is 66.5 Å². The monoisotopic (exact) mass is 417 g/mol. The third-order valence-electron chi connectivity index (χ3n) is 5.27. The molecule has 0 radical (unpaired) electrons. The third kappa shape index (κ3) is 4.16. The fourth-order valence-corrected chi connectivity index (χ4v) is 3.70. The highest BCUT2D eigenvalue weighted by Gasteiger charge is 2.27. The largest absolute Gasteiger partial charge is 0.493 e. The van der Waals surface area contributed by atoms with E-state index in [-0.39, 0.29) is 11.5 Å². The standard InChI is InChI=1S/C24H21N2O5/c1-30-22-13-18-12-19(24(27)21(18)14-23(22)31-2)10-16-6-8-25(9-7-16)15-17-4-3-5-20(11-17)26(28)29/h3-11,13-14H,12,15H2,1-2H3/q+1. The van der Waals surface area contributed by atoms with Gasteiger partial charge in [0.25, 0.3) is 5.69 Å². The molecule has 1 heterocycles.